The van der Waals surface area contributed by atoms with Crippen LogP contribution in [0.4, 0.5) is 10.1 Å². The maximum Gasteiger partial charge on any atom is 0.143 e. The summed E-state index contributed by atoms with van der Waals surface area (Å²) < 4.78 is 13.0. The van der Waals surface area contributed by atoms with Crippen LogP contribution in [0.15, 0.2) is 18.2 Å². The van der Waals surface area contributed by atoms with E-state index in [1.54, 1.807) is 12.1 Å². The Bertz CT molecular complexity index is 307. The van der Waals surface area contributed by atoms with Gasteiger partial charge in [0.2, 0.25) is 0 Å². The van der Waals surface area contributed by atoms with Gasteiger partial charge in [0.05, 0.1) is 5.02 Å². The van der Waals surface area contributed by atoms with Crippen LogP contribution in [0.1, 0.15) is 13.3 Å². The average Bonchev–Trinajstić information content (AvgIpc) is 2.23. The lowest BCUT2D eigenvalue weighted by atomic mass is 10.3. The Balaban J connectivity index is 2.28. The Hall–Kier alpha value is -0.410. The molecule has 1 rings (SSSR count). The van der Waals surface area contributed by atoms with E-state index in [0.29, 0.717) is 0 Å². The lowest BCUT2D eigenvalue weighted by Gasteiger charge is -2.06. The van der Waals surface area contributed by atoms with Crippen molar-refractivity contribution in [3.8, 4) is 0 Å². The summed E-state index contributed by atoms with van der Waals surface area (Å²) in [5.41, 5.74) is 0.790. The second-order valence-corrected chi connectivity index (χ2v) is 4.91. The Labute approximate surface area is 99.4 Å². The largest absolute Gasteiger partial charge is 0.385 e. The fraction of sp³-hybridized carbons (Fsp3) is 0.455. The van der Waals surface area contributed by atoms with Gasteiger partial charge in [-0.15, -0.1) is 0 Å². The maximum atomic E-state index is 13.0. The zero-order valence-electron chi connectivity index (χ0n) is 8.72. The monoisotopic (exact) mass is 247 g/mol. The number of halogens is 2. The van der Waals surface area contributed by atoms with E-state index in [1.807, 2.05) is 11.8 Å². The molecule has 0 aliphatic carbocycles. The Morgan fingerprint density at radius 2 is 2.27 bits per heavy atom. The standard InChI is InChI=1S/C11H15ClFNS/c1-2-15-7-3-6-14-9-4-5-10(12)11(13)8-9/h4-5,8,14H,2-3,6-7H2,1H3. The number of hydrogen-bond acceptors (Lipinski definition) is 2. The molecule has 4 heteroatoms. The van der Waals surface area contributed by atoms with Crippen LogP contribution in [-0.2, 0) is 0 Å². The second kappa shape index (κ2) is 6.96. The third-order valence-electron chi connectivity index (χ3n) is 1.92. The van der Waals surface area contributed by atoms with Crippen LogP contribution in [0.25, 0.3) is 0 Å². The van der Waals surface area contributed by atoms with E-state index in [1.165, 1.54) is 6.07 Å². The van der Waals surface area contributed by atoms with Crippen LogP contribution in [-0.4, -0.2) is 18.1 Å². The van der Waals surface area contributed by atoms with Gasteiger partial charge in [0, 0.05) is 12.2 Å². The van der Waals surface area contributed by atoms with Crippen molar-refractivity contribution in [2.24, 2.45) is 0 Å². The van der Waals surface area contributed by atoms with E-state index in [9.17, 15) is 4.39 Å². The lowest BCUT2D eigenvalue weighted by molar-refractivity contribution is 0.628. The lowest BCUT2D eigenvalue weighted by Crippen LogP contribution is -2.02. The summed E-state index contributed by atoms with van der Waals surface area (Å²) in [6.45, 7) is 3.01. The molecule has 15 heavy (non-hydrogen) atoms. The first-order valence-electron chi connectivity index (χ1n) is 5.00. The van der Waals surface area contributed by atoms with Gasteiger partial charge in [-0.2, -0.15) is 11.8 Å². The van der Waals surface area contributed by atoms with Crippen LogP contribution in [0.3, 0.4) is 0 Å². The molecule has 1 nitrogen and oxygen atoms in total. The zero-order chi connectivity index (χ0) is 11.1. The number of benzene rings is 1. The number of rotatable bonds is 6. The van der Waals surface area contributed by atoms with Crippen molar-refractivity contribution in [3.63, 3.8) is 0 Å². The molecule has 0 saturated heterocycles. The van der Waals surface area contributed by atoms with Gasteiger partial charge in [-0.25, -0.2) is 4.39 Å². The summed E-state index contributed by atoms with van der Waals surface area (Å²) in [6.07, 6.45) is 1.09. The molecule has 0 fully saturated rings. The summed E-state index contributed by atoms with van der Waals surface area (Å²) in [4.78, 5) is 0. The Morgan fingerprint density at radius 1 is 1.47 bits per heavy atom. The fourth-order valence-electron chi connectivity index (χ4n) is 1.16. The quantitative estimate of drug-likeness (QED) is 0.762. The van der Waals surface area contributed by atoms with Gasteiger partial charge in [0.1, 0.15) is 5.82 Å². The smallest absolute Gasteiger partial charge is 0.143 e. The Morgan fingerprint density at radius 3 is 2.93 bits per heavy atom. The molecule has 1 aromatic rings. The van der Waals surface area contributed by atoms with Crippen LogP contribution in [0.2, 0.25) is 5.02 Å². The molecule has 0 saturated carbocycles. The molecular formula is C11H15ClFNS. The topological polar surface area (TPSA) is 12.0 Å². The third-order valence-corrected chi connectivity index (χ3v) is 3.21. The van der Waals surface area contributed by atoms with E-state index < -0.39 is 0 Å². The summed E-state index contributed by atoms with van der Waals surface area (Å²) in [5, 5.41) is 3.33. The van der Waals surface area contributed by atoms with Gasteiger partial charge in [0.15, 0.2) is 0 Å². The zero-order valence-corrected chi connectivity index (χ0v) is 10.3. The number of hydrogen-bond donors (Lipinski definition) is 1. The molecule has 0 amide bonds. The van der Waals surface area contributed by atoms with Gasteiger partial charge in [0.25, 0.3) is 0 Å². The minimum atomic E-state index is -0.371. The van der Waals surface area contributed by atoms with Crippen LogP contribution in [0.5, 0.6) is 0 Å². The predicted octanol–water partition coefficient (Wildman–Crippen LogP) is 4.03. The molecule has 0 aromatic heterocycles. The van der Waals surface area contributed by atoms with E-state index in [4.69, 9.17) is 11.6 Å². The predicted molar refractivity (Wildman–Crippen MR) is 67.5 cm³/mol. The summed E-state index contributed by atoms with van der Waals surface area (Å²) in [7, 11) is 0. The fourth-order valence-corrected chi connectivity index (χ4v) is 1.91. The van der Waals surface area contributed by atoms with Crippen molar-refractivity contribution in [2.45, 2.75) is 13.3 Å². The number of anilines is 1. The van der Waals surface area contributed by atoms with Gasteiger partial charge in [-0.3, -0.25) is 0 Å². The molecule has 0 heterocycles. The molecule has 0 unspecified atom stereocenters. The highest BCUT2D eigenvalue weighted by Crippen LogP contribution is 2.18. The van der Waals surface area contributed by atoms with Crippen LogP contribution >= 0.6 is 23.4 Å². The first-order valence-corrected chi connectivity index (χ1v) is 6.54. The van der Waals surface area contributed by atoms with E-state index in [-0.39, 0.29) is 10.8 Å². The molecule has 1 aromatic carbocycles. The van der Waals surface area contributed by atoms with E-state index in [0.717, 1.165) is 30.2 Å². The molecule has 0 atom stereocenters. The highest BCUT2D eigenvalue weighted by Gasteiger charge is 1.99. The van der Waals surface area contributed by atoms with Crippen LogP contribution in [0, 0.1) is 5.82 Å². The average molecular weight is 248 g/mol. The van der Waals surface area contributed by atoms with Gasteiger partial charge >= 0.3 is 0 Å². The first-order chi connectivity index (χ1) is 7.24. The molecule has 0 spiro atoms. The van der Waals surface area contributed by atoms with E-state index in [2.05, 4.69) is 12.2 Å². The maximum absolute atomic E-state index is 13.0. The molecule has 1 N–H and O–H groups in total. The summed E-state index contributed by atoms with van der Waals surface area (Å²) in [6, 6.07) is 4.79. The summed E-state index contributed by atoms with van der Waals surface area (Å²) >= 11 is 7.49. The minimum Gasteiger partial charge on any atom is -0.385 e. The molecule has 0 aliphatic rings. The number of thioether (sulfide) groups is 1. The van der Waals surface area contributed by atoms with Crippen molar-refractivity contribution in [1.82, 2.24) is 0 Å². The van der Waals surface area contributed by atoms with Gasteiger partial charge < -0.3 is 5.32 Å². The second-order valence-electron chi connectivity index (χ2n) is 3.11. The molecule has 84 valence electrons. The molecule has 0 bridgehead atoms. The molecular weight excluding hydrogens is 233 g/mol. The van der Waals surface area contributed by atoms with Crippen molar-refractivity contribution < 1.29 is 4.39 Å². The van der Waals surface area contributed by atoms with Crippen molar-refractivity contribution in [3.05, 3.63) is 29.0 Å². The normalized spacial score (nSPS) is 10.3. The van der Waals surface area contributed by atoms with Crippen molar-refractivity contribution >= 4 is 29.1 Å². The van der Waals surface area contributed by atoms with E-state index >= 15 is 0 Å². The summed E-state index contributed by atoms with van der Waals surface area (Å²) in [5.74, 6) is 1.92. The SMILES string of the molecule is CCSCCCNc1ccc(Cl)c(F)c1. The number of nitrogens with one attached hydrogen (secondary N) is 1. The third kappa shape index (κ3) is 4.76. The van der Waals surface area contributed by atoms with Gasteiger partial charge in [-0.05, 0) is 36.1 Å². The highest BCUT2D eigenvalue weighted by molar-refractivity contribution is 7.99. The Kier molecular flexibility index (Phi) is 5.88. The van der Waals surface area contributed by atoms with Crippen molar-refractivity contribution in [1.29, 1.82) is 0 Å². The molecule has 0 radical (unpaired) electrons. The minimum absolute atomic E-state index is 0.169. The van der Waals surface area contributed by atoms with Crippen molar-refractivity contribution in [2.75, 3.05) is 23.4 Å². The molecule has 0 aliphatic heterocycles. The highest BCUT2D eigenvalue weighted by atomic mass is 35.5. The first kappa shape index (κ1) is 12.7. The van der Waals surface area contributed by atoms with Gasteiger partial charge in [-0.1, -0.05) is 18.5 Å². The van der Waals surface area contributed by atoms with Crippen LogP contribution < -0.4 is 5.32 Å².